The summed E-state index contributed by atoms with van der Waals surface area (Å²) in [5.41, 5.74) is 5.65. The molecule has 3 nitrogen and oxygen atoms in total. The van der Waals surface area contributed by atoms with Crippen LogP contribution in [0.25, 0.3) is 0 Å². The normalized spacial score (nSPS) is 20.2. The van der Waals surface area contributed by atoms with Crippen molar-refractivity contribution in [3.63, 3.8) is 0 Å². The van der Waals surface area contributed by atoms with Crippen molar-refractivity contribution in [2.75, 3.05) is 20.2 Å². The Morgan fingerprint density at radius 1 is 1.25 bits per heavy atom. The third-order valence-corrected chi connectivity index (χ3v) is 4.92. The predicted octanol–water partition coefficient (Wildman–Crippen LogP) is 4.44. The molecule has 0 bridgehead atoms. The van der Waals surface area contributed by atoms with Crippen LogP contribution in [0.3, 0.4) is 0 Å². The zero-order chi connectivity index (χ0) is 17.2. The van der Waals surface area contributed by atoms with E-state index in [-0.39, 0.29) is 5.60 Å². The maximum absolute atomic E-state index is 6.24. The zero-order valence-electron chi connectivity index (χ0n) is 15.0. The van der Waals surface area contributed by atoms with Crippen molar-refractivity contribution < 1.29 is 4.74 Å². The molecule has 1 aliphatic rings. The molecule has 0 aliphatic carbocycles. The third-order valence-electron chi connectivity index (χ3n) is 4.92. The lowest BCUT2D eigenvalue weighted by Gasteiger charge is -2.37. The monoisotopic (exact) mass is 322 g/mol. The average molecular weight is 322 g/mol. The van der Waals surface area contributed by atoms with Gasteiger partial charge in [-0.1, -0.05) is 36.4 Å². The van der Waals surface area contributed by atoms with Crippen molar-refractivity contribution in [3.8, 4) is 0 Å². The molecule has 2 aromatic rings. The summed E-state index contributed by atoms with van der Waals surface area (Å²) in [6, 6.07) is 15.0. The number of nitrogens with zero attached hydrogens (tertiary/aromatic N) is 2. The molecule has 1 unspecified atom stereocenters. The first-order valence-electron chi connectivity index (χ1n) is 8.62. The highest BCUT2D eigenvalue weighted by atomic mass is 16.5. The number of aliphatic imine (C=N–C) groups is 1. The molecule has 0 N–H and O–H groups in total. The summed E-state index contributed by atoms with van der Waals surface area (Å²) in [4.78, 5) is 6.74. The van der Waals surface area contributed by atoms with E-state index < -0.39 is 0 Å². The molecule has 24 heavy (non-hydrogen) atoms. The van der Waals surface area contributed by atoms with Crippen LogP contribution in [-0.4, -0.2) is 31.4 Å². The molecule has 0 aromatic heterocycles. The van der Waals surface area contributed by atoms with Crippen molar-refractivity contribution in [1.29, 1.82) is 0 Å². The van der Waals surface area contributed by atoms with Gasteiger partial charge in [0.25, 0.3) is 0 Å². The van der Waals surface area contributed by atoms with Crippen LogP contribution in [-0.2, 0) is 16.8 Å². The van der Waals surface area contributed by atoms with Crippen LogP contribution in [0, 0.1) is 6.92 Å². The Hall–Kier alpha value is -2.13. The molecule has 0 saturated carbocycles. The Morgan fingerprint density at radius 3 is 2.71 bits per heavy atom. The minimum absolute atomic E-state index is 0.387. The summed E-state index contributed by atoms with van der Waals surface area (Å²) in [7, 11) is 2.04. The number of aryl methyl sites for hydroxylation is 1. The van der Waals surface area contributed by atoms with E-state index in [1.54, 1.807) is 0 Å². The van der Waals surface area contributed by atoms with Crippen LogP contribution in [0.5, 0.6) is 0 Å². The van der Waals surface area contributed by atoms with Crippen molar-refractivity contribution >= 4 is 12.0 Å². The summed E-state index contributed by atoms with van der Waals surface area (Å²) in [6.45, 7) is 8.10. The van der Waals surface area contributed by atoms with Crippen LogP contribution in [0.2, 0.25) is 0 Å². The zero-order valence-corrected chi connectivity index (χ0v) is 15.0. The van der Waals surface area contributed by atoms with Crippen LogP contribution < -0.4 is 0 Å². The molecule has 0 saturated heterocycles. The van der Waals surface area contributed by atoms with Gasteiger partial charge in [0.1, 0.15) is 5.60 Å². The van der Waals surface area contributed by atoms with Crippen molar-refractivity contribution in [2.24, 2.45) is 4.99 Å². The summed E-state index contributed by atoms with van der Waals surface area (Å²) < 4.78 is 6.24. The van der Waals surface area contributed by atoms with E-state index in [2.05, 4.69) is 67.1 Å². The minimum atomic E-state index is -0.387. The first kappa shape index (κ1) is 16.7. The minimum Gasteiger partial charge on any atom is -0.366 e. The van der Waals surface area contributed by atoms with Gasteiger partial charge >= 0.3 is 0 Å². The van der Waals surface area contributed by atoms with Crippen molar-refractivity contribution in [3.05, 3.63) is 64.7 Å². The van der Waals surface area contributed by atoms with Gasteiger partial charge in [-0.2, -0.15) is 0 Å². The number of rotatable bonds is 4. The van der Waals surface area contributed by atoms with Gasteiger partial charge in [0.2, 0.25) is 0 Å². The summed E-state index contributed by atoms with van der Waals surface area (Å²) in [5, 5.41) is 0. The van der Waals surface area contributed by atoms with Gasteiger partial charge in [0.15, 0.2) is 0 Å². The Labute approximate surface area is 145 Å². The second kappa shape index (κ2) is 6.78. The van der Waals surface area contributed by atoms with Crippen LogP contribution in [0.15, 0.2) is 47.5 Å². The predicted molar refractivity (Wildman–Crippen MR) is 100 cm³/mol. The Kier molecular flexibility index (Phi) is 4.72. The number of hydrogen-bond acceptors (Lipinski definition) is 2. The molecule has 2 aromatic carbocycles. The van der Waals surface area contributed by atoms with Gasteiger partial charge in [-0.05, 0) is 55.5 Å². The lowest BCUT2D eigenvalue weighted by atomic mass is 9.81. The molecule has 126 valence electrons. The third kappa shape index (κ3) is 3.09. The first-order chi connectivity index (χ1) is 11.5. The van der Waals surface area contributed by atoms with E-state index in [1.807, 2.05) is 19.5 Å². The smallest absolute Gasteiger partial charge is 0.116 e. The highest BCUT2D eigenvalue weighted by molar-refractivity contribution is 5.64. The fraction of sp³-hybridized carbons (Fsp3) is 0.381. The summed E-state index contributed by atoms with van der Waals surface area (Å²) >= 11 is 0. The lowest BCUT2D eigenvalue weighted by molar-refractivity contribution is -0.0141. The molecule has 0 spiro atoms. The van der Waals surface area contributed by atoms with Gasteiger partial charge in [-0.25, -0.2) is 4.99 Å². The van der Waals surface area contributed by atoms with E-state index in [9.17, 15) is 0 Å². The average Bonchev–Trinajstić information content (AvgIpc) is 2.61. The van der Waals surface area contributed by atoms with E-state index in [1.165, 1.54) is 22.3 Å². The maximum Gasteiger partial charge on any atom is 0.116 e. The maximum atomic E-state index is 6.24. The molecule has 3 heteroatoms. The summed E-state index contributed by atoms with van der Waals surface area (Å²) in [6.07, 6.45) is 2.84. The molecule has 1 atom stereocenters. The second-order valence-corrected chi connectivity index (χ2v) is 6.61. The van der Waals surface area contributed by atoms with E-state index in [4.69, 9.17) is 4.74 Å². The van der Waals surface area contributed by atoms with Gasteiger partial charge in [-0.15, -0.1) is 0 Å². The lowest BCUT2D eigenvalue weighted by Crippen LogP contribution is -2.33. The van der Waals surface area contributed by atoms with Crippen molar-refractivity contribution in [1.82, 2.24) is 4.90 Å². The fourth-order valence-corrected chi connectivity index (χ4v) is 3.21. The molecule has 3 rings (SSSR count). The molecular formula is C21H26N2O. The standard InChI is InChI=1S/C21H26N2O/c1-5-23(4)15-22-20-14-17-11-12-24-21(3,19(17)13-16(20)2)18-9-7-6-8-10-18/h6-10,13-15H,5,11-12H2,1-4H3/b22-15+. The SMILES string of the molecule is CCN(C)/C=N/c1cc2c(cc1C)C(C)(c1ccccc1)OCC2. The Bertz CT molecular complexity index is 739. The number of hydrogen-bond donors (Lipinski definition) is 0. The van der Waals surface area contributed by atoms with Crippen LogP contribution in [0.1, 0.15) is 36.1 Å². The highest BCUT2D eigenvalue weighted by Gasteiger charge is 2.35. The molecule has 1 aliphatic heterocycles. The highest BCUT2D eigenvalue weighted by Crippen LogP contribution is 2.41. The van der Waals surface area contributed by atoms with Gasteiger partial charge in [0.05, 0.1) is 18.6 Å². The van der Waals surface area contributed by atoms with Gasteiger partial charge in [0, 0.05) is 13.6 Å². The second-order valence-electron chi connectivity index (χ2n) is 6.61. The number of fused-ring (bicyclic) bond motifs is 1. The molecule has 1 heterocycles. The first-order valence-corrected chi connectivity index (χ1v) is 8.62. The van der Waals surface area contributed by atoms with E-state index >= 15 is 0 Å². The molecular weight excluding hydrogens is 296 g/mol. The molecule has 0 amide bonds. The largest absolute Gasteiger partial charge is 0.366 e. The number of ether oxygens (including phenoxy) is 1. The Balaban J connectivity index is 2.04. The topological polar surface area (TPSA) is 24.8 Å². The van der Waals surface area contributed by atoms with Gasteiger partial charge in [-0.3, -0.25) is 0 Å². The molecule has 0 fully saturated rings. The molecule has 0 radical (unpaired) electrons. The van der Waals surface area contributed by atoms with Gasteiger partial charge < -0.3 is 9.64 Å². The van der Waals surface area contributed by atoms with Crippen LogP contribution in [0.4, 0.5) is 5.69 Å². The quantitative estimate of drug-likeness (QED) is 0.614. The summed E-state index contributed by atoms with van der Waals surface area (Å²) in [5.74, 6) is 0. The van der Waals surface area contributed by atoms with E-state index in [0.29, 0.717) is 0 Å². The van der Waals surface area contributed by atoms with Crippen LogP contribution >= 0.6 is 0 Å². The fourth-order valence-electron chi connectivity index (χ4n) is 3.21. The van der Waals surface area contributed by atoms with Crippen molar-refractivity contribution in [2.45, 2.75) is 32.8 Å². The number of benzene rings is 2. The van der Waals surface area contributed by atoms with E-state index in [0.717, 1.165) is 25.3 Å². The Morgan fingerprint density at radius 2 is 2.00 bits per heavy atom.